The van der Waals surface area contributed by atoms with E-state index in [-0.39, 0.29) is 12.3 Å². The third kappa shape index (κ3) is 3.55. The lowest BCUT2D eigenvalue weighted by molar-refractivity contribution is -0.122. The molecule has 1 aromatic rings. The van der Waals surface area contributed by atoms with Gasteiger partial charge in [-0.1, -0.05) is 6.07 Å². The van der Waals surface area contributed by atoms with Crippen molar-refractivity contribution in [2.75, 3.05) is 5.73 Å². The van der Waals surface area contributed by atoms with Crippen molar-refractivity contribution < 1.29 is 14.3 Å². The molecule has 0 atom stereocenters. The average molecular weight is 171 g/mol. The molecule has 0 aliphatic rings. The van der Waals surface area contributed by atoms with Crippen molar-refractivity contribution in [1.29, 1.82) is 0 Å². The molecule has 0 aliphatic carbocycles. The monoisotopic (exact) mass is 171 g/mol. The molecule has 1 aromatic carbocycles. The molecule has 0 heterocycles. The first kappa shape index (κ1) is 10.4. The number of anilines is 1. The van der Waals surface area contributed by atoms with E-state index >= 15 is 0 Å². The molecular weight excluding hydrogens is 161 g/mol. The summed E-state index contributed by atoms with van der Waals surface area (Å²) in [5.41, 5.74) is 6.39. The first-order valence-corrected chi connectivity index (χ1v) is 3.21. The van der Waals surface area contributed by atoms with E-state index in [0.29, 0.717) is 11.3 Å². The maximum Gasteiger partial charge on any atom is 0.290 e. The van der Waals surface area contributed by atoms with E-state index in [1.54, 1.807) is 19.1 Å². The molecule has 0 saturated heterocycles. The smallest absolute Gasteiger partial charge is 0.290 e. The summed E-state index contributed by atoms with van der Waals surface area (Å²) in [6.45, 7) is 1.45. The molecule has 0 fully saturated rings. The molecule has 0 saturated carbocycles. The van der Waals surface area contributed by atoms with Gasteiger partial charge in [-0.2, -0.15) is 0 Å². The summed E-state index contributed by atoms with van der Waals surface area (Å²) in [7, 11) is 0. The van der Waals surface area contributed by atoms with Gasteiger partial charge >= 0.3 is 0 Å². The summed E-state index contributed by atoms with van der Waals surface area (Å²) in [6.07, 6.45) is 0. The molecule has 0 spiro atoms. The van der Waals surface area contributed by atoms with Crippen molar-refractivity contribution >= 4 is 12.2 Å². The van der Waals surface area contributed by atoms with E-state index in [4.69, 9.17) is 15.6 Å². The van der Waals surface area contributed by atoms with Gasteiger partial charge in [0.25, 0.3) is 6.47 Å². The number of aryl methyl sites for hydroxylation is 1. The summed E-state index contributed by atoms with van der Waals surface area (Å²) >= 11 is 0. The van der Waals surface area contributed by atoms with Crippen molar-refractivity contribution in [3.05, 3.63) is 29.6 Å². The summed E-state index contributed by atoms with van der Waals surface area (Å²) in [5.74, 6) is -0.241. The van der Waals surface area contributed by atoms with Crippen LogP contribution in [0.4, 0.5) is 10.1 Å². The highest BCUT2D eigenvalue weighted by atomic mass is 19.1. The molecule has 0 aromatic heterocycles. The zero-order valence-electron chi connectivity index (χ0n) is 6.62. The van der Waals surface area contributed by atoms with E-state index in [0.717, 1.165) is 0 Å². The molecular formula is C8H10FNO2. The maximum atomic E-state index is 12.5. The first-order chi connectivity index (χ1) is 5.61. The topological polar surface area (TPSA) is 63.3 Å². The Bertz CT molecular complexity index is 263. The van der Waals surface area contributed by atoms with E-state index < -0.39 is 0 Å². The van der Waals surface area contributed by atoms with Crippen LogP contribution in [0.1, 0.15) is 5.56 Å². The zero-order chi connectivity index (χ0) is 9.56. The number of benzene rings is 1. The highest BCUT2D eigenvalue weighted by molar-refractivity contribution is 5.39. The normalized spacial score (nSPS) is 8.17. The van der Waals surface area contributed by atoms with E-state index in [9.17, 15) is 4.39 Å². The lowest BCUT2D eigenvalue weighted by Crippen LogP contribution is -1.87. The molecule has 66 valence electrons. The van der Waals surface area contributed by atoms with Gasteiger partial charge < -0.3 is 10.8 Å². The Balaban J connectivity index is 0.000000354. The quantitative estimate of drug-likeness (QED) is 0.458. The van der Waals surface area contributed by atoms with Crippen LogP contribution < -0.4 is 5.73 Å². The Hall–Kier alpha value is -1.58. The number of hydrogen-bond acceptors (Lipinski definition) is 2. The average Bonchev–Trinajstić information content (AvgIpc) is 1.99. The van der Waals surface area contributed by atoms with Crippen LogP contribution in [0.25, 0.3) is 0 Å². The molecule has 1 rings (SSSR count). The maximum absolute atomic E-state index is 12.5. The fourth-order valence-corrected chi connectivity index (χ4v) is 0.609. The Morgan fingerprint density at radius 2 is 2.08 bits per heavy atom. The van der Waals surface area contributed by atoms with Gasteiger partial charge in [-0.25, -0.2) is 4.39 Å². The van der Waals surface area contributed by atoms with E-state index in [1.807, 2.05) is 0 Å². The largest absolute Gasteiger partial charge is 0.483 e. The minimum Gasteiger partial charge on any atom is -0.483 e. The molecule has 0 bridgehead atoms. The third-order valence-corrected chi connectivity index (χ3v) is 1.20. The molecule has 0 aliphatic heterocycles. The second-order valence-electron chi connectivity index (χ2n) is 2.11. The molecule has 3 N–H and O–H groups in total. The van der Waals surface area contributed by atoms with Gasteiger partial charge in [-0.15, -0.1) is 0 Å². The summed E-state index contributed by atoms with van der Waals surface area (Å²) in [6, 6.07) is 4.65. The molecule has 12 heavy (non-hydrogen) atoms. The molecule has 3 nitrogen and oxygen atoms in total. The van der Waals surface area contributed by atoms with Gasteiger partial charge in [-0.05, 0) is 24.6 Å². The van der Waals surface area contributed by atoms with Crippen molar-refractivity contribution in [1.82, 2.24) is 0 Å². The van der Waals surface area contributed by atoms with Crippen molar-refractivity contribution in [3.8, 4) is 0 Å². The van der Waals surface area contributed by atoms with Gasteiger partial charge in [0.15, 0.2) is 0 Å². The fraction of sp³-hybridized carbons (Fsp3) is 0.125. The minimum atomic E-state index is -0.250. The standard InChI is InChI=1S/C7H8FN.CH2O2/c1-5-2-3-6(9)4-7(5)8;2-1-3/h2-4H,9H2,1H3;1H,(H,2,3). The number of hydrogen-bond donors (Lipinski definition) is 2. The zero-order valence-corrected chi connectivity index (χ0v) is 6.62. The van der Waals surface area contributed by atoms with Gasteiger partial charge in [0, 0.05) is 5.69 Å². The van der Waals surface area contributed by atoms with Crippen LogP contribution in [0.3, 0.4) is 0 Å². The van der Waals surface area contributed by atoms with Gasteiger partial charge in [0.05, 0.1) is 0 Å². The van der Waals surface area contributed by atoms with Gasteiger partial charge in [0.1, 0.15) is 5.82 Å². The Kier molecular flexibility index (Phi) is 4.45. The summed E-state index contributed by atoms with van der Waals surface area (Å²) < 4.78 is 12.5. The molecule has 0 radical (unpaired) electrons. The number of carboxylic acid groups (broad SMARTS) is 1. The highest BCUT2D eigenvalue weighted by Gasteiger charge is 1.93. The fourth-order valence-electron chi connectivity index (χ4n) is 0.609. The number of nitrogen functional groups attached to an aromatic ring is 1. The molecule has 0 amide bonds. The van der Waals surface area contributed by atoms with Gasteiger partial charge in [-0.3, -0.25) is 4.79 Å². The summed E-state index contributed by atoms with van der Waals surface area (Å²) in [4.78, 5) is 8.36. The predicted molar refractivity (Wildman–Crippen MR) is 44.2 cm³/mol. The SMILES string of the molecule is Cc1ccc(N)cc1F.O=CO. The van der Waals surface area contributed by atoms with Crippen LogP contribution >= 0.6 is 0 Å². The second kappa shape index (κ2) is 5.12. The van der Waals surface area contributed by atoms with Crippen LogP contribution in [0, 0.1) is 12.7 Å². The van der Waals surface area contributed by atoms with Crippen LogP contribution in [0.2, 0.25) is 0 Å². The molecule has 4 heteroatoms. The van der Waals surface area contributed by atoms with Crippen molar-refractivity contribution in [3.63, 3.8) is 0 Å². The lowest BCUT2D eigenvalue weighted by atomic mass is 10.2. The number of rotatable bonds is 0. The Morgan fingerprint density at radius 1 is 1.58 bits per heavy atom. The number of halogens is 1. The van der Waals surface area contributed by atoms with Crippen LogP contribution in [0.15, 0.2) is 18.2 Å². The Morgan fingerprint density at radius 3 is 2.42 bits per heavy atom. The van der Waals surface area contributed by atoms with E-state index in [1.165, 1.54) is 6.07 Å². The second-order valence-corrected chi connectivity index (χ2v) is 2.11. The Labute approximate surface area is 69.6 Å². The van der Waals surface area contributed by atoms with E-state index in [2.05, 4.69) is 0 Å². The first-order valence-electron chi connectivity index (χ1n) is 3.21. The lowest BCUT2D eigenvalue weighted by Gasteiger charge is -1.94. The number of nitrogens with two attached hydrogens (primary N) is 1. The van der Waals surface area contributed by atoms with Crippen molar-refractivity contribution in [2.24, 2.45) is 0 Å². The minimum absolute atomic E-state index is 0.241. The van der Waals surface area contributed by atoms with Crippen LogP contribution in [-0.4, -0.2) is 11.6 Å². The van der Waals surface area contributed by atoms with Crippen molar-refractivity contribution in [2.45, 2.75) is 6.92 Å². The highest BCUT2D eigenvalue weighted by Crippen LogP contribution is 2.09. The van der Waals surface area contributed by atoms with Crippen LogP contribution in [0.5, 0.6) is 0 Å². The summed E-state index contributed by atoms with van der Waals surface area (Å²) in [5, 5.41) is 6.89. The predicted octanol–water partition coefficient (Wildman–Crippen LogP) is 1.42. The van der Waals surface area contributed by atoms with Crippen LogP contribution in [-0.2, 0) is 4.79 Å². The van der Waals surface area contributed by atoms with Gasteiger partial charge in [0.2, 0.25) is 0 Å². The number of carbonyl (C=O) groups is 1. The third-order valence-electron chi connectivity index (χ3n) is 1.20. The molecule has 0 unspecified atom stereocenters.